The molecule has 6 nitrogen and oxygen atoms in total. The molecule has 0 atom stereocenters. The van der Waals surface area contributed by atoms with Crippen LogP contribution < -0.4 is 4.72 Å². The van der Waals surface area contributed by atoms with Crippen molar-refractivity contribution in [3.63, 3.8) is 0 Å². The van der Waals surface area contributed by atoms with Crippen LogP contribution in [0, 0.1) is 6.92 Å². The van der Waals surface area contributed by atoms with Gasteiger partial charge in [0.2, 0.25) is 10.0 Å². The molecule has 0 amide bonds. The molecule has 0 unspecified atom stereocenters. The lowest BCUT2D eigenvalue weighted by Gasteiger charge is -2.08. The average Bonchev–Trinajstić information content (AvgIpc) is 2.20. The molecule has 17 heavy (non-hydrogen) atoms. The van der Waals surface area contributed by atoms with Gasteiger partial charge < -0.3 is 5.11 Å². The summed E-state index contributed by atoms with van der Waals surface area (Å²) in [6, 6.07) is 1.69. The molecule has 0 aliphatic heterocycles. The number of aromatic nitrogens is 1. The molecule has 1 aromatic heterocycles. The molecule has 0 saturated carbocycles. The number of aryl methyl sites for hydroxylation is 1. The zero-order valence-electron chi connectivity index (χ0n) is 9.38. The van der Waals surface area contributed by atoms with Crippen LogP contribution >= 0.6 is 0 Å². The van der Waals surface area contributed by atoms with Gasteiger partial charge in [0.15, 0.2) is 0 Å². The number of sulfonamides is 1. The van der Waals surface area contributed by atoms with Gasteiger partial charge >= 0.3 is 5.97 Å². The van der Waals surface area contributed by atoms with E-state index in [1.165, 1.54) is 6.20 Å². The summed E-state index contributed by atoms with van der Waals surface area (Å²) in [5, 5.41) is 8.42. The lowest BCUT2D eigenvalue weighted by atomic mass is 10.3. The van der Waals surface area contributed by atoms with Gasteiger partial charge in [-0.1, -0.05) is 0 Å². The number of rotatable bonds is 6. The Labute approximate surface area is 99.7 Å². The van der Waals surface area contributed by atoms with E-state index in [2.05, 4.69) is 9.71 Å². The van der Waals surface area contributed by atoms with E-state index in [-0.39, 0.29) is 18.6 Å². The van der Waals surface area contributed by atoms with E-state index in [0.717, 1.165) is 5.56 Å². The fourth-order valence-corrected chi connectivity index (χ4v) is 2.38. The van der Waals surface area contributed by atoms with E-state index in [1.54, 1.807) is 19.2 Å². The Balaban J connectivity index is 2.61. The number of pyridine rings is 1. The normalized spacial score (nSPS) is 11.1. The van der Waals surface area contributed by atoms with Crippen LogP contribution in [-0.4, -0.2) is 30.2 Å². The second-order valence-electron chi connectivity index (χ2n) is 3.61. The number of hydrogen-bond acceptors (Lipinski definition) is 4. The van der Waals surface area contributed by atoms with E-state index in [0.29, 0.717) is 5.69 Å². The molecule has 94 valence electrons. The third-order valence-corrected chi connectivity index (χ3v) is 3.47. The first-order valence-corrected chi connectivity index (χ1v) is 6.69. The molecular weight excluding hydrogens is 244 g/mol. The van der Waals surface area contributed by atoms with Crippen LogP contribution in [0.15, 0.2) is 18.5 Å². The maximum atomic E-state index is 11.6. The summed E-state index contributed by atoms with van der Waals surface area (Å²) in [5.74, 6) is -1.22. The van der Waals surface area contributed by atoms with E-state index < -0.39 is 16.0 Å². The van der Waals surface area contributed by atoms with Crippen LogP contribution in [0.2, 0.25) is 0 Å². The zero-order valence-corrected chi connectivity index (χ0v) is 10.2. The molecule has 1 aromatic rings. The highest BCUT2D eigenvalue weighted by Crippen LogP contribution is 2.13. The highest BCUT2D eigenvalue weighted by Gasteiger charge is 2.12. The predicted molar refractivity (Wildman–Crippen MR) is 63.3 cm³/mol. The summed E-state index contributed by atoms with van der Waals surface area (Å²) in [6.07, 6.45) is 2.92. The largest absolute Gasteiger partial charge is 0.481 e. The molecule has 7 heteroatoms. The minimum atomic E-state index is -3.51. The van der Waals surface area contributed by atoms with Crippen molar-refractivity contribution in [1.29, 1.82) is 0 Å². The van der Waals surface area contributed by atoms with Crippen molar-refractivity contribution < 1.29 is 18.3 Å². The Bertz CT molecular complexity index is 499. The first-order chi connectivity index (χ1) is 7.91. The Morgan fingerprint density at radius 3 is 2.82 bits per heavy atom. The number of carboxylic acids is 1. The molecule has 0 saturated heterocycles. The molecule has 0 bridgehead atoms. The monoisotopic (exact) mass is 258 g/mol. The van der Waals surface area contributed by atoms with Gasteiger partial charge in [-0.2, -0.15) is 0 Å². The van der Waals surface area contributed by atoms with Gasteiger partial charge in [-0.05, 0) is 25.0 Å². The average molecular weight is 258 g/mol. The molecule has 0 fully saturated rings. The fourth-order valence-electron chi connectivity index (χ4n) is 1.20. The second-order valence-corrected chi connectivity index (χ2v) is 5.45. The van der Waals surface area contributed by atoms with E-state index in [9.17, 15) is 13.2 Å². The standard InChI is InChI=1S/C10H14N2O4S/c1-8-4-5-11-7-9(8)12-17(15,16)6-2-3-10(13)14/h4-5,7,12H,2-3,6H2,1H3,(H,13,14). The number of carbonyl (C=O) groups is 1. The molecule has 0 aromatic carbocycles. The Kier molecular flexibility index (Phi) is 4.45. The number of aliphatic carboxylic acids is 1. The van der Waals surface area contributed by atoms with Gasteiger partial charge in [0, 0.05) is 12.6 Å². The van der Waals surface area contributed by atoms with Gasteiger partial charge in [-0.25, -0.2) is 8.42 Å². The van der Waals surface area contributed by atoms with Crippen LogP contribution in [0.1, 0.15) is 18.4 Å². The SMILES string of the molecule is Cc1ccncc1NS(=O)(=O)CCCC(=O)O. The number of nitrogens with one attached hydrogen (secondary N) is 1. The number of carboxylic acid groups (broad SMARTS) is 1. The summed E-state index contributed by atoms with van der Waals surface area (Å²) in [5.41, 5.74) is 1.18. The topological polar surface area (TPSA) is 96.4 Å². The van der Waals surface area contributed by atoms with Crippen molar-refractivity contribution in [2.24, 2.45) is 0 Å². The number of hydrogen-bond donors (Lipinski definition) is 2. The molecule has 0 spiro atoms. The molecular formula is C10H14N2O4S. The summed E-state index contributed by atoms with van der Waals surface area (Å²) < 4.78 is 25.6. The van der Waals surface area contributed by atoms with Crippen molar-refractivity contribution >= 4 is 21.7 Å². The lowest BCUT2D eigenvalue weighted by Crippen LogP contribution is -2.18. The van der Waals surface area contributed by atoms with Crippen LogP contribution in [0.4, 0.5) is 5.69 Å². The molecule has 0 aliphatic rings. The van der Waals surface area contributed by atoms with Gasteiger partial charge in [-0.3, -0.25) is 14.5 Å². The third kappa shape index (κ3) is 4.81. The number of anilines is 1. The van der Waals surface area contributed by atoms with Gasteiger partial charge in [0.25, 0.3) is 0 Å². The van der Waals surface area contributed by atoms with Crippen LogP contribution in [0.3, 0.4) is 0 Å². The molecule has 1 rings (SSSR count). The van der Waals surface area contributed by atoms with Crippen molar-refractivity contribution in [3.8, 4) is 0 Å². The summed E-state index contributed by atoms with van der Waals surface area (Å²) in [7, 11) is -3.51. The highest BCUT2D eigenvalue weighted by atomic mass is 32.2. The van der Waals surface area contributed by atoms with Crippen molar-refractivity contribution in [1.82, 2.24) is 4.98 Å². The van der Waals surface area contributed by atoms with Gasteiger partial charge in [0.05, 0.1) is 17.6 Å². The summed E-state index contributed by atoms with van der Waals surface area (Å²) >= 11 is 0. The van der Waals surface area contributed by atoms with Crippen molar-refractivity contribution in [2.75, 3.05) is 10.5 Å². The quantitative estimate of drug-likeness (QED) is 0.793. The van der Waals surface area contributed by atoms with Crippen molar-refractivity contribution in [3.05, 3.63) is 24.0 Å². The first-order valence-electron chi connectivity index (χ1n) is 5.03. The smallest absolute Gasteiger partial charge is 0.303 e. The molecule has 0 aliphatic carbocycles. The maximum absolute atomic E-state index is 11.6. The van der Waals surface area contributed by atoms with Crippen LogP contribution in [-0.2, 0) is 14.8 Å². The highest BCUT2D eigenvalue weighted by molar-refractivity contribution is 7.92. The van der Waals surface area contributed by atoms with Gasteiger partial charge in [0.1, 0.15) is 0 Å². The molecule has 0 radical (unpaired) electrons. The Hall–Kier alpha value is -1.63. The van der Waals surface area contributed by atoms with Crippen LogP contribution in [0.5, 0.6) is 0 Å². The zero-order chi connectivity index (χ0) is 12.9. The van der Waals surface area contributed by atoms with Crippen molar-refractivity contribution in [2.45, 2.75) is 19.8 Å². The summed E-state index contributed by atoms with van der Waals surface area (Å²) in [6.45, 7) is 1.76. The molecule has 1 heterocycles. The Morgan fingerprint density at radius 2 is 2.24 bits per heavy atom. The van der Waals surface area contributed by atoms with Crippen LogP contribution in [0.25, 0.3) is 0 Å². The second kappa shape index (κ2) is 5.62. The van der Waals surface area contributed by atoms with E-state index in [4.69, 9.17) is 5.11 Å². The minimum absolute atomic E-state index is 0.0873. The van der Waals surface area contributed by atoms with E-state index >= 15 is 0 Å². The predicted octanol–water partition coefficient (Wildman–Crippen LogP) is 0.997. The van der Waals surface area contributed by atoms with E-state index in [1.807, 2.05) is 0 Å². The first kappa shape index (κ1) is 13.4. The number of nitrogens with zero attached hydrogens (tertiary/aromatic N) is 1. The lowest BCUT2D eigenvalue weighted by molar-refractivity contribution is -0.137. The van der Waals surface area contributed by atoms with Gasteiger partial charge in [-0.15, -0.1) is 0 Å². The fraction of sp³-hybridized carbons (Fsp3) is 0.400. The summed E-state index contributed by atoms with van der Waals surface area (Å²) in [4.78, 5) is 14.1. The maximum Gasteiger partial charge on any atom is 0.303 e. The third-order valence-electron chi connectivity index (χ3n) is 2.11. The Morgan fingerprint density at radius 1 is 1.53 bits per heavy atom. The molecule has 2 N–H and O–H groups in total. The minimum Gasteiger partial charge on any atom is -0.481 e.